The Morgan fingerprint density at radius 1 is 1.29 bits per heavy atom. The fourth-order valence-corrected chi connectivity index (χ4v) is 2.56. The molecule has 2 aliphatic heterocycles. The summed E-state index contributed by atoms with van der Waals surface area (Å²) in [5.41, 5.74) is 0.926. The summed E-state index contributed by atoms with van der Waals surface area (Å²) in [7, 11) is 0. The molecule has 2 aliphatic rings. The van der Waals surface area contributed by atoms with E-state index in [4.69, 9.17) is 18.9 Å². The van der Waals surface area contributed by atoms with Crippen LogP contribution in [0.2, 0.25) is 0 Å². The molecule has 6 atom stereocenters. The summed E-state index contributed by atoms with van der Waals surface area (Å²) in [5.74, 6) is 0. The van der Waals surface area contributed by atoms with Crippen LogP contribution in [0.5, 0.6) is 0 Å². The lowest BCUT2D eigenvalue weighted by Crippen LogP contribution is -2.61. The van der Waals surface area contributed by atoms with Gasteiger partial charge in [0.25, 0.3) is 0 Å². The highest BCUT2D eigenvalue weighted by Crippen LogP contribution is 2.30. The first kappa shape index (κ1) is 14.9. The van der Waals surface area contributed by atoms with Gasteiger partial charge in [-0.15, -0.1) is 0 Å². The van der Waals surface area contributed by atoms with Gasteiger partial charge in [-0.05, 0) is 12.5 Å². The van der Waals surface area contributed by atoms with E-state index < -0.39 is 37.1 Å². The highest BCUT2D eigenvalue weighted by atomic mass is 19.1. The number of halogens is 1. The number of hydrogen-bond acceptors (Lipinski definition) is 5. The Labute approximate surface area is 122 Å². The van der Waals surface area contributed by atoms with Crippen molar-refractivity contribution in [2.75, 3.05) is 6.61 Å². The lowest BCUT2D eigenvalue weighted by Gasteiger charge is -2.44. The van der Waals surface area contributed by atoms with Crippen molar-refractivity contribution in [2.24, 2.45) is 0 Å². The molecule has 0 amide bonds. The van der Waals surface area contributed by atoms with Crippen LogP contribution >= 0.6 is 0 Å². The maximum Gasteiger partial charge on any atom is 0.187 e. The van der Waals surface area contributed by atoms with Crippen molar-refractivity contribution in [2.45, 2.75) is 50.6 Å². The highest BCUT2D eigenvalue weighted by Gasteiger charge is 2.49. The fraction of sp³-hybridized carbons (Fsp3) is 0.600. The average Bonchev–Trinajstić information content (AvgIpc) is 2.51. The van der Waals surface area contributed by atoms with Gasteiger partial charge in [0.05, 0.1) is 13.2 Å². The van der Waals surface area contributed by atoms with E-state index in [1.807, 2.05) is 30.3 Å². The zero-order valence-corrected chi connectivity index (χ0v) is 11.7. The maximum absolute atomic E-state index is 14.3. The van der Waals surface area contributed by atoms with E-state index in [9.17, 15) is 9.50 Å². The SMILES string of the molecule is CC1OC[C@H]2O[C@H](OCc3ccccc3)[C@H](O)[C@@H](F)[C@@H]2O1. The molecule has 3 rings (SSSR count). The predicted molar refractivity (Wildman–Crippen MR) is 71.1 cm³/mol. The quantitative estimate of drug-likeness (QED) is 0.914. The standard InChI is InChI=1S/C15H19FO5/c1-9-18-8-11-14(20-9)12(16)13(17)15(21-11)19-7-10-5-3-2-4-6-10/h2-6,9,11-15,17H,7-8H2,1H3/t9?,11-,12-,13-,14-,15+/m1/s1. The molecule has 1 aromatic rings. The van der Waals surface area contributed by atoms with Crippen LogP contribution in [-0.4, -0.2) is 48.8 Å². The van der Waals surface area contributed by atoms with Crippen molar-refractivity contribution in [1.29, 1.82) is 0 Å². The second kappa shape index (κ2) is 6.37. The molecule has 6 heteroatoms. The summed E-state index contributed by atoms with van der Waals surface area (Å²) in [6.07, 6.45) is -5.85. The normalized spacial score (nSPS) is 39.8. The molecule has 0 spiro atoms. The summed E-state index contributed by atoms with van der Waals surface area (Å²) >= 11 is 0. The van der Waals surface area contributed by atoms with Gasteiger partial charge in [-0.2, -0.15) is 0 Å². The molecule has 2 heterocycles. The summed E-state index contributed by atoms with van der Waals surface area (Å²) in [6, 6.07) is 9.44. The smallest absolute Gasteiger partial charge is 0.187 e. The molecule has 2 fully saturated rings. The fourth-order valence-electron chi connectivity index (χ4n) is 2.56. The Hall–Kier alpha value is -1.05. The van der Waals surface area contributed by atoms with Crippen molar-refractivity contribution in [3.05, 3.63) is 35.9 Å². The van der Waals surface area contributed by atoms with Crippen LogP contribution in [0.4, 0.5) is 4.39 Å². The van der Waals surface area contributed by atoms with Crippen molar-refractivity contribution < 1.29 is 28.4 Å². The summed E-state index contributed by atoms with van der Waals surface area (Å²) in [6.45, 7) is 2.16. The van der Waals surface area contributed by atoms with Gasteiger partial charge >= 0.3 is 0 Å². The number of benzene rings is 1. The number of ether oxygens (including phenoxy) is 4. The predicted octanol–water partition coefficient (Wildman–Crippen LogP) is 1.39. The number of aliphatic hydroxyl groups is 1. The van der Waals surface area contributed by atoms with Gasteiger partial charge in [-0.25, -0.2) is 4.39 Å². The molecule has 0 saturated carbocycles. The zero-order valence-electron chi connectivity index (χ0n) is 11.7. The molecule has 0 aliphatic carbocycles. The second-order valence-electron chi connectivity index (χ2n) is 5.28. The van der Waals surface area contributed by atoms with Crippen LogP contribution in [0.1, 0.15) is 12.5 Å². The minimum absolute atomic E-state index is 0.226. The largest absolute Gasteiger partial charge is 0.385 e. The zero-order chi connectivity index (χ0) is 14.8. The molecule has 2 saturated heterocycles. The number of hydrogen-bond donors (Lipinski definition) is 1. The Morgan fingerprint density at radius 2 is 2.05 bits per heavy atom. The van der Waals surface area contributed by atoms with Crippen molar-refractivity contribution in [1.82, 2.24) is 0 Å². The van der Waals surface area contributed by atoms with Crippen LogP contribution in [0.25, 0.3) is 0 Å². The summed E-state index contributed by atoms with van der Waals surface area (Å²) in [5, 5.41) is 9.99. The molecule has 1 N–H and O–H groups in total. The van der Waals surface area contributed by atoms with Gasteiger partial charge in [0.1, 0.15) is 18.3 Å². The molecule has 5 nitrogen and oxygen atoms in total. The Kier molecular flexibility index (Phi) is 4.51. The Bertz CT molecular complexity index is 455. The summed E-state index contributed by atoms with van der Waals surface area (Å²) in [4.78, 5) is 0. The van der Waals surface area contributed by atoms with Gasteiger partial charge in [0.2, 0.25) is 0 Å². The van der Waals surface area contributed by atoms with Gasteiger partial charge in [-0.3, -0.25) is 0 Å². The van der Waals surface area contributed by atoms with E-state index in [1.165, 1.54) is 0 Å². The lowest BCUT2D eigenvalue weighted by atomic mass is 9.99. The Morgan fingerprint density at radius 3 is 2.81 bits per heavy atom. The van der Waals surface area contributed by atoms with Crippen molar-refractivity contribution in [3.63, 3.8) is 0 Å². The van der Waals surface area contributed by atoms with E-state index in [0.717, 1.165) is 5.56 Å². The van der Waals surface area contributed by atoms with Crippen molar-refractivity contribution in [3.8, 4) is 0 Å². The molecule has 21 heavy (non-hydrogen) atoms. The lowest BCUT2D eigenvalue weighted by molar-refractivity contribution is -0.349. The topological polar surface area (TPSA) is 57.2 Å². The maximum atomic E-state index is 14.3. The molecule has 1 unspecified atom stereocenters. The van der Waals surface area contributed by atoms with Crippen LogP contribution in [0.15, 0.2) is 30.3 Å². The van der Waals surface area contributed by atoms with Crippen LogP contribution in [0.3, 0.4) is 0 Å². The molecule has 116 valence electrons. The van der Waals surface area contributed by atoms with E-state index in [-0.39, 0.29) is 13.2 Å². The molecule has 1 aromatic carbocycles. The number of alkyl halides is 1. The van der Waals surface area contributed by atoms with Gasteiger partial charge < -0.3 is 24.1 Å². The average molecular weight is 298 g/mol. The summed E-state index contributed by atoms with van der Waals surface area (Å²) < 4.78 is 36.0. The minimum atomic E-state index is -1.56. The van der Waals surface area contributed by atoms with Crippen LogP contribution in [0, 0.1) is 0 Å². The molecule has 0 radical (unpaired) electrons. The number of aliphatic hydroxyl groups excluding tert-OH is 1. The van der Waals surface area contributed by atoms with Crippen molar-refractivity contribution >= 4 is 0 Å². The molecule has 0 bridgehead atoms. The monoisotopic (exact) mass is 298 g/mol. The molecular formula is C15H19FO5. The van der Waals surface area contributed by atoms with E-state index >= 15 is 0 Å². The highest BCUT2D eigenvalue weighted by molar-refractivity contribution is 5.13. The van der Waals surface area contributed by atoms with E-state index in [2.05, 4.69) is 0 Å². The van der Waals surface area contributed by atoms with Gasteiger partial charge in [0, 0.05) is 0 Å². The third-order valence-electron chi connectivity index (χ3n) is 3.70. The first-order valence-corrected chi connectivity index (χ1v) is 7.05. The number of rotatable bonds is 3. The first-order valence-electron chi connectivity index (χ1n) is 7.05. The first-order chi connectivity index (χ1) is 10.1. The minimum Gasteiger partial charge on any atom is -0.385 e. The third-order valence-corrected chi connectivity index (χ3v) is 3.70. The van der Waals surface area contributed by atoms with Gasteiger partial charge in [-0.1, -0.05) is 30.3 Å². The van der Waals surface area contributed by atoms with E-state index in [1.54, 1.807) is 6.92 Å². The third kappa shape index (κ3) is 3.25. The molecule has 0 aromatic heterocycles. The second-order valence-corrected chi connectivity index (χ2v) is 5.28. The van der Waals surface area contributed by atoms with Gasteiger partial charge in [0.15, 0.2) is 18.8 Å². The van der Waals surface area contributed by atoms with Crippen LogP contribution in [-0.2, 0) is 25.6 Å². The Balaban J connectivity index is 1.61. The van der Waals surface area contributed by atoms with E-state index in [0.29, 0.717) is 0 Å². The number of fused-ring (bicyclic) bond motifs is 1. The van der Waals surface area contributed by atoms with Crippen LogP contribution < -0.4 is 0 Å². The molecular weight excluding hydrogens is 279 g/mol.